The summed E-state index contributed by atoms with van der Waals surface area (Å²) in [6.07, 6.45) is 1.60. The molecule has 0 bridgehead atoms. The largest absolute Gasteiger partial charge is 0.399 e. The predicted molar refractivity (Wildman–Crippen MR) is 72.5 cm³/mol. The van der Waals surface area contributed by atoms with Gasteiger partial charge in [-0.2, -0.15) is 0 Å². The van der Waals surface area contributed by atoms with Gasteiger partial charge < -0.3 is 15.4 Å². The molecule has 2 atom stereocenters. The lowest BCUT2D eigenvalue weighted by Gasteiger charge is -2.37. The van der Waals surface area contributed by atoms with Gasteiger partial charge in [-0.3, -0.25) is 0 Å². The Labute approximate surface area is 104 Å². The molecule has 0 radical (unpaired) electrons. The molecule has 1 aliphatic rings. The van der Waals surface area contributed by atoms with Crippen LogP contribution >= 0.6 is 0 Å². The van der Waals surface area contributed by atoms with Crippen LogP contribution in [-0.2, 0) is 11.2 Å². The molecule has 0 aliphatic carbocycles. The number of aryl methyl sites for hydroxylation is 1. The van der Waals surface area contributed by atoms with Gasteiger partial charge in [0.15, 0.2) is 0 Å². The van der Waals surface area contributed by atoms with Gasteiger partial charge in [0.1, 0.15) is 0 Å². The second kappa shape index (κ2) is 4.96. The van der Waals surface area contributed by atoms with Gasteiger partial charge in [-0.25, -0.2) is 0 Å². The smallest absolute Gasteiger partial charge is 0.0726 e. The summed E-state index contributed by atoms with van der Waals surface area (Å²) in [4.78, 5) is 2.41. The summed E-state index contributed by atoms with van der Waals surface area (Å²) in [6, 6.07) is 6.21. The van der Waals surface area contributed by atoms with Crippen LogP contribution in [0.1, 0.15) is 26.3 Å². The van der Waals surface area contributed by atoms with Gasteiger partial charge in [0, 0.05) is 24.5 Å². The molecule has 2 N–H and O–H groups in total. The molecule has 1 aliphatic heterocycles. The molecule has 2 unspecified atom stereocenters. The third-order valence-corrected chi connectivity index (χ3v) is 3.24. The molecule has 1 aromatic rings. The number of benzene rings is 1. The van der Waals surface area contributed by atoms with Crippen molar-refractivity contribution in [3.63, 3.8) is 0 Å². The molecule has 0 amide bonds. The van der Waals surface area contributed by atoms with Crippen LogP contribution in [0.15, 0.2) is 18.2 Å². The van der Waals surface area contributed by atoms with Crippen molar-refractivity contribution in [2.75, 3.05) is 23.7 Å². The molecule has 3 nitrogen and oxygen atoms in total. The van der Waals surface area contributed by atoms with E-state index in [9.17, 15) is 0 Å². The number of morpholine rings is 1. The first-order chi connectivity index (χ1) is 8.10. The van der Waals surface area contributed by atoms with Crippen LogP contribution in [0.4, 0.5) is 11.4 Å². The molecule has 17 heavy (non-hydrogen) atoms. The zero-order chi connectivity index (χ0) is 12.4. The molecule has 2 rings (SSSR count). The van der Waals surface area contributed by atoms with E-state index in [4.69, 9.17) is 10.5 Å². The van der Waals surface area contributed by atoms with Crippen LogP contribution in [0.2, 0.25) is 0 Å². The molecular weight excluding hydrogens is 212 g/mol. The van der Waals surface area contributed by atoms with Gasteiger partial charge in [-0.05, 0) is 44.0 Å². The predicted octanol–water partition coefficient (Wildman–Crippen LogP) is 2.44. The molecule has 0 saturated carbocycles. The zero-order valence-electron chi connectivity index (χ0n) is 10.9. The Hall–Kier alpha value is -1.22. The van der Waals surface area contributed by atoms with Gasteiger partial charge in [0.05, 0.1) is 12.2 Å². The Bertz CT molecular complexity index is 382. The third-order valence-electron chi connectivity index (χ3n) is 3.24. The summed E-state index contributed by atoms with van der Waals surface area (Å²) in [5, 5.41) is 0. The highest BCUT2D eigenvalue weighted by Crippen LogP contribution is 2.26. The number of nitrogen functional groups attached to an aromatic ring is 1. The van der Waals surface area contributed by atoms with Crippen LogP contribution in [-0.4, -0.2) is 25.3 Å². The van der Waals surface area contributed by atoms with E-state index in [0.717, 1.165) is 25.2 Å². The van der Waals surface area contributed by atoms with Crippen molar-refractivity contribution < 1.29 is 4.74 Å². The van der Waals surface area contributed by atoms with Gasteiger partial charge in [-0.1, -0.05) is 6.92 Å². The molecule has 3 heteroatoms. The first-order valence-corrected chi connectivity index (χ1v) is 6.39. The minimum Gasteiger partial charge on any atom is -0.399 e. The first kappa shape index (κ1) is 12.2. The fourth-order valence-electron chi connectivity index (χ4n) is 2.57. The van der Waals surface area contributed by atoms with Crippen molar-refractivity contribution in [1.82, 2.24) is 0 Å². The van der Waals surface area contributed by atoms with Crippen LogP contribution in [0.3, 0.4) is 0 Å². The molecule has 1 heterocycles. The van der Waals surface area contributed by atoms with Crippen molar-refractivity contribution >= 4 is 11.4 Å². The second-order valence-electron chi connectivity index (χ2n) is 4.90. The maximum absolute atomic E-state index is 5.84. The molecular formula is C14H22N2O. The molecule has 1 aromatic carbocycles. The number of rotatable bonds is 2. The van der Waals surface area contributed by atoms with E-state index in [0.29, 0.717) is 12.2 Å². The van der Waals surface area contributed by atoms with E-state index >= 15 is 0 Å². The Kier molecular flexibility index (Phi) is 3.57. The lowest BCUT2D eigenvalue weighted by atomic mass is 10.1. The summed E-state index contributed by atoms with van der Waals surface area (Å²) >= 11 is 0. The number of ether oxygens (including phenoxy) is 1. The monoisotopic (exact) mass is 234 g/mol. The molecule has 1 saturated heterocycles. The average Bonchev–Trinajstić information content (AvgIpc) is 2.27. The van der Waals surface area contributed by atoms with Crippen LogP contribution < -0.4 is 10.6 Å². The topological polar surface area (TPSA) is 38.5 Å². The lowest BCUT2D eigenvalue weighted by Crippen LogP contribution is -2.45. The molecule has 0 aromatic heterocycles. The average molecular weight is 234 g/mol. The van der Waals surface area contributed by atoms with E-state index < -0.39 is 0 Å². The zero-order valence-corrected chi connectivity index (χ0v) is 10.9. The fraction of sp³-hybridized carbons (Fsp3) is 0.571. The SMILES string of the molecule is CCc1cc(N)ccc1N1CC(C)OC(C)C1. The highest BCUT2D eigenvalue weighted by Gasteiger charge is 2.23. The Morgan fingerprint density at radius 3 is 2.53 bits per heavy atom. The van der Waals surface area contributed by atoms with Crippen molar-refractivity contribution in [3.05, 3.63) is 23.8 Å². The third kappa shape index (κ3) is 2.72. The van der Waals surface area contributed by atoms with Gasteiger partial charge in [0.2, 0.25) is 0 Å². The minimum absolute atomic E-state index is 0.293. The minimum atomic E-state index is 0.293. The summed E-state index contributed by atoms with van der Waals surface area (Å²) in [6.45, 7) is 8.35. The number of nitrogens with two attached hydrogens (primary N) is 1. The van der Waals surface area contributed by atoms with E-state index in [2.05, 4.69) is 37.8 Å². The second-order valence-corrected chi connectivity index (χ2v) is 4.90. The van der Waals surface area contributed by atoms with Crippen LogP contribution in [0, 0.1) is 0 Å². The Morgan fingerprint density at radius 2 is 1.94 bits per heavy atom. The number of anilines is 2. The van der Waals surface area contributed by atoms with E-state index in [1.165, 1.54) is 11.3 Å². The van der Waals surface area contributed by atoms with Gasteiger partial charge >= 0.3 is 0 Å². The van der Waals surface area contributed by atoms with Crippen molar-refractivity contribution in [2.24, 2.45) is 0 Å². The fourth-order valence-corrected chi connectivity index (χ4v) is 2.57. The van der Waals surface area contributed by atoms with Crippen molar-refractivity contribution in [1.29, 1.82) is 0 Å². The summed E-state index contributed by atoms with van der Waals surface area (Å²) < 4.78 is 5.77. The van der Waals surface area contributed by atoms with Crippen LogP contribution in [0.25, 0.3) is 0 Å². The van der Waals surface area contributed by atoms with Crippen LogP contribution in [0.5, 0.6) is 0 Å². The molecule has 0 spiro atoms. The van der Waals surface area contributed by atoms with Gasteiger partial charge in [-0.15, -0.1) is 0 Å². The summed E-state index contributed by atoms with van der Waals surface area (Å²) in [5.41, 5.74) is 9.33. The van der Waals surface area contributed by atoms with E-state index in [1.54, 1.807) is 0 Å². The number of nitrogens with zero attached hydrogens (tertiary/aromatic N) is 1. The highest BCUT2D eigenvalue weighted by molar-refractivity contribution is 5.60. The maximum Gasteiger partial charge on any atom is 0.0726 e. The molecule has 1 fully saturated rings. The number of hydrogen-bond acceptors (Lipinski definition) is 3. The lowest BCUT2D eigenvalue weighted by molar-refractivity contribution is -0.00525. The summed E-state index contributed by atoms with van der Waals surface area (Å²) in [7, 11) is 0. The van der Waals surface area contributed by atoms with Gasteiger partial charge in [0.25, 0.3) is 0 Å². The highest BCUT2D eigenvalue weighted by atomic mass is 16.5. The Morgan fingerprint density at radius 1 is 1.29 bits per heavy atom. The van der Waals surface area contributed by atoms with Crippen molar-refractivity contribution in [3.8, 4) is 0 Å². The first-order valence-electron chi connectivity index (χ1n) is 6.39. The van der Waals surface area contributed by atoms with Crippen molar-refractivity contribution in [2.45, 2.75) is 39.4 Å². The summed E-state index contributed by atoms with van der Waals surface area (Å²) in [5.74, 6) is 0. The van der Waals surface area contributed by atoms with E-state index in [1.807, 2.05) is 6.07 Å². The normalized spacial score (nSPS) is 25.0. The molecule has 94 valence electrons. The Balaban J connectivity index is 2.26. The van der Waals surface area contributed by atoms with E-state index in [-0.39, 0.29) is 0 Å². The number of hydrogen-bond donors (Lipinski definition) is 1. The maximum atomic E-state index is 5.84. The standard InChI is InChI=1S/C14H22N2O/c1-4-12-7-13(15)5-6-14(12)16-8-10(2)17-11(3)9-16/h5-7,10-11H,4,8-9,15H2,1-3H3. The quantitative estimate of drug-likeness (QED) is 0.799.